The zero-order valence-corrected chi connectivity index (χ0v) is 21.0. The highest BCUT2D eigenvalue weighted by Crippen LogP contribution is 2.53. The lowest BCUT2D eigenvalue weighted by atomic mass is 9.75. The number of nitrogens with one attached hydrogen (secondary N) is 1. The Morgan fingerprint density at radius 1 is 0.861 bits per heavy atom. The van der Waals surface area contributed by atoms with Crippen LogP contribution in [0.3, 0.4) is 0 Å². The number of fused-ring (bicyclic) bond motifs is 6. The first kappa shape index (κ1) is 21.7. The van der Waals surface area contributed by atoms with Gasteiger partial charge in [0.05, 0.1) is 17.7 Å². The van der Waals surface area contributed by atoms with Crippen LogP contribution in [0.2, 0.25) is 0 Å². The number of nitrogens with zero attached hydrogens (tertiary/aromatic N) is 1. The first-order valence-electron chi connectivity index (χ1n) is 13.2. The highest BCUT2D eigenvalue weighted by Gasteiger charge is 2.42. The van der Waals surface area contributed by atoms with E-state index in [0.717, 1.165) is 19.6 Å². The molecule has 7 rings (SSSR count). The molecule has 1 N–H and O–H groups in total. The second-order valence-corrected chi connectivity index (χ2v) is 10.5. The molecule has 5 aromatic rings. The molecule has 3 heteroatoms. The van der Waals surface area contributed by atoms with E-state index in [-0.39, 0.29) is 12.1 Å². The van der Waals surface area contributed by atoms with Crippen molar-refractivity contribution in [2.75, 3.05) is 11.9 Å². The van der Waals surface area contributed by atoms with Gasteiger partial charge in [-0.2, -0.15) is 0 Å². The normalized spacial score (nSPS) is 21.2. The van der Waals surface area contributed by atoms with Gasteiger partial charge in [-0.05, 0) is 55.0 Å². The summed E-state index contributed by atoms with van der Waals surface area (Å²) >= 11 is 0. The van der Waals surface area contributed by atoms with E-state index in [1.54, 1.807) is 0 Å². The molecule has 3 atom stereocenters. The van der Waals surface area contributed by atoms with Crippen LogP contribution in [0.4, 0.5) is 5.69 Å². The fourth-order valence-corrected chi connectivity index (χ4v) is 6.88. The van der Waals surface area contributed by atoms with Crippen molar-refractivity contribution in [1.82, 2.24) is 4.57 Å². The third-order valence-corrected chi connectivity index (χ3v) is 8.47. The number of rotatable bonds is 3. The van der Waals surface area contributed by atoms with Gasteiger partial charge in [0.1, 0.15) is 0 Å². The lowest BCUT2D eigenvalue weighted by Gasteiger charge is -2.45. The number of anilines is 1. The van der Waals surface area contributed by atoms with Crippen LogP contribution in [0.5, 0.6) is 0 Å². The molecule has 180 valence electrons. The summed E-state index contributed by atoms with van der Waals surface area (Å²) in [6, 6.07) is 30.9. The summed E-state index contributed by atoms with van der Waals surface area (Å²) in [5.41, 5.74) is 10.7. The molecule has 1 aromatic heterocycles. The molecular formula is C33H32N2O. The summed E-state index contributed by atoms with van der Waals surface area (Å²) in [5.74, 6) is 0.427. The molecule has 0 spiro atoms. The monoisotopic (exact) mass is 472 g/mol. The molecule has 1 fully saturated rings. The second kappa shape index (κ2) is 8.53. The van der Waals surface area contributed by atoms with Crippen LogP contribution in [0.1, 0.15) is 52.8 Å². The van der Waals surface area contributed by atoms with E-state index < -0.39 is 0 Å². The standard InChI is InChI=1S/C33H32N2O/c1-21-28-25-16-9-10-18-27(25)35(20-23-12-5-3-6-13-23)32(28)22(2)29-30(21)34-31(24-14-7-4-8-15-24)26-17-11-19-36-33(26)29/h3-10,12-16,18,26,31,33-34H,11,17,19-20H2,1-2H3/t26-,31+,33-/m0/s1. The minimum atomic E-state index is 0.117. The number of aryl methyl sites for hydroxylation is 2. The third-order valence-electron chi connectivity index (χ3n) is 8.47. The molecule has 0 radical (unpaired) electrons. The van der Waals surface area contributed by atoms with Gasteiger partial charge in [-0.1, -0.05) is 78.9 Å². The van der Waals surface area contributed by atoms with Gasteiger partial charge in [-0.15, -0.1) is 0 Å². The molecule has 2 aliphatic rings. The average molecular weight is 473 g/mol. The Morgan fingerprint density at radius 3 is 2.39 bits per heavy atom. The van der Waals surface area contributed by atoms with Crippen molar-refractivity contribution in [1.29, 1.82) is 0 Å². The molecule has 0 saturated carbocycles. The fraction of sp³-hybridized carbons (Fsp3) is 0.273. The van der Waals surface area contributed by atoms with Crippen molar-refractivity contribution in [2.45, 2.75) is 45.4 Å². The Morgan fingerprint density at radius 2 is 1.58 bits per heavy atom. The minimum absolute atomic E-state index is 0.117. The number of para-hydroxylation sites is 1. The molecule has 3 nitrogen and oxygen atoms in total. The molecule has 0 unspecified atom stereocenters. The summed E-state index contributed by atoms with van der Waals surface area (Å²) in [6.45, 7) is 6.32. The zero-order chi connectivity index (χ0) is 24.2. The lowest BCUT2D eigenvalue weighted by molar-refractivity contribution is -0.0384. The molecular weight excluding hydrogens is 440 g/mol. The van der Waals surface area contributed by atoms with Crippen LogP contribution in [-0.2, 0) is 11.3 Å². The lowest BCUT2D eigenvalue weighted by Crippen LogP contribution is -2.37. The predicted molar refractivity (Wildman–Crippen MR) is 149 cm³/mol. The van der Waals surface area contributed by atoms with E-state index in [4.69, 9.17) is 4.74 Å². The Hall–Kier alpha value is -3.56. The maximum atomic E-state index is 6.63. The highest BCUT2D eigenvalue weighted by molar-refractivity contribution is 6.13. The fourth-order valence-electron chi connectivity index (χ4n) is 6.88. The van der Waals surface area contributed by atoms with Crippen LogP contribution < -0.4 is 5.32 Å². The maximum Gasteiger partial charge on any atom is 0.0899 e. The van der Waals surface area contributed by atoms with Gasteiger partial charge in [-0.3, -0.25) is 0 Å². The van der Waals surface area contributed by atoms with Gasteiger partial charge in [-0.25, -0.2) is 0 Å². The summed E-state index contributed by atoms with van der Waals surface area (Å²) < 4.78 is 9.16. The van der Waals surface area contributed by atoms with Crippen molar-refractivity contribution < 1.29 is 4.74 Å². The molecule has 2 aliphatic heterocycles. The van der Waals surface area contributed by atoms with Gasteiger partial charge in [0.2, 0.25) is 0 Å². The first-order chi connectivity index (χ1) is 17.7. The largest absolute Gasteiger partial charge is 0.377 e. The predicted octanol–water partition coefficient (Wildman–Crippen LogP) is 8.09. The van der Waals surface area contributed by atoms with Gasteiger partial charge in [0.15, 0.2) is 0 Å². The van der Waals surface area contributed by atoms with Gasteiger partial charge < -0.3 is 14.6 Å². The van der Waals surface area contributed by atoms with Crippen molar-refractivity contribution in [3.05, 3.63) is 113 Å². The van der Waals surface area contributed by atoms with Crippen molar-refractivity contribution >= 4 is 27.5 Å². The molecule has 0 bridgehead atoms. The van der Waals surface area contributed by atoms with Gasteiger partial charge in [0, 0.05) is 46.6 Å². The number of hydrogen-bond acceptors (Lipinski definition) is 2. The topological polar surface area (TPSA) is 26.2 Å². The Balaban J connectivity index is 1.51. The second-order valence-electron chi connectivity index (χ2n) is 10.5. The zero-order valence-electron chi connectivity index (χ0n) is 21.0. The Labute approximate surface area is 212 Å². The smallest absolute Gasteiger partial charge is 0.0899 e. The molecule has 1 saturated heterocycles. The van der Waals surface area contributed by atoms with Crippen molar-refractivity contribution in [3.63, 3.8) is 0 Å². The third kappa shape index (κ3) is 3.23. The maximum absolute atomic E-state index is 6.63. The van der Waals surface area contributed by atoms with Crippen LogP contribution in [0.15, 0.2) is 84.9 Å². The number of benzene rings is 4. The minimum Gasteiger partial charge on any atom is -0.377 e. The van der Waals surface area contributed by atoms with E-state index in [9.17, 15) is 0 Å². The van der Waals surface area contributed by atoms with E-state index >= 15 is 0 Å². The number of hydrogen-bond donors (Lipinski definition) is 1. The van der Waals surface area contributed by atoms with Crippen LogP contribution in [-0.4, -0.2) is 11.2 Å². The molecule has 0 amide bonds. The SMILES string of the molecule is Cc1c2c(c(C)c3c1c1ccccc1n3Cc1ccccc1)[C@H]1OCCC[C@H]1[C@@H](c1ccccc1)N2. The number of aromatic nitrogens is 1. The molecule has 4 aromatic carbocycles. The van der Waals surface area contributed by atoms with E-state index in [1.807, 2.05) is 0 Å². The van der Waals surface area contributed by atoms with Crippen LogP contribution in [0.25, 0.3) is 21.8 Å². The van der Waals surface area contributed by atoms with Crippen molar-refractivity contribution in [3.8, 4) is 0 Å². The summed E-state index contributed by atoms with van der Waals surface area (Å²) in [5, 5.41) is 6.75. The summed E-state index contributed by atoms with van der Waals surface area (Å²) in [4.78, 5) is 0. The van der Waals surface area contributed by atoms with E-state index in [2.05, 4.69) is 109 Å². The molecule has 36 heavy (non-hydrogen) atoms. The van der Waals surface area contributed by atoms with Gasteiger partial charge >= 0.3 is 0 Å². The van der Waals surface area contributed by atoms with Crippen LogP contribution >= 0.6 is 0 Å². The Kier molecular flexibility index (Phi) is 5.14. The summed E-state index contributed by atoms with van der Waals surface area (Å²) in [6.07, 6.45) is 2.42. The number of ether oxygens (including phenoxy) is 1. The van der Waals surface area contributed by atoms with Crippen molar-refractivity contribution in [2.24, 2.45) is 5.92 Å². The van der Waals surface area contributed by atoms with Crippen LogP contribution in [0, 0.1) is 19.8 Å². The Bertz CT molecular complexity index is 1570. The van der Waals surface area contributed by atoms with E-state index in [0.29, 0.717) is 5.92 Å². The molecule has 3 heterocycles. The quantitative estimate of drug-likeness (QED) is 0.287. The van der Waals surface area contributed by atoms with Gasteiger partial charge in [0.25, 0.3) is 0 Å². The first-order valence-corrected chi connectivity index (χ1v) is 13.2. The molecule has 0 aliphatic carbocycles. The van der Waals surface area contributed by atoms with E-state index in [1.165, 1.54) is 61.7 Å². The summed E-state index contributed by atoms with van der Waals surface area (Å²) in [7, 11) is 0. The highest BCUT2D eigenvalue weighted by atomic mass is 16.5. The average Bonchev–Trinajstić information content (AvgIpc) is 3.26.